The van der Waals surface area contributed by atoms with Crippen molar-refractivity contribution in [2.75, 3.05) is 11.4 Å². The van der Waals surface area contributed by atoms with Crippen LogP contribution in [0.15, 0.2) is 24.3 Å². The molecule has 0 aliphatic carbocycles. The normalized spacial score (nSPS) is 17.0. The zero-order valence-electron chi connectivity index (χ0n) is 12.1. The Balaban J connectivity index is 2.25. The maximum absolute atomic E-state index is 12.4. The molecule has 21 heavy (non-hydrogen) atoms. The molecule has 0 fully saturated rings. The van der Waals surface area contributed by atoms with E-state index < -0.39 is 11.5 Å². The van der Waals surface area contributed by atoms with Gasteiger partial charge in [-0.25, -0.2) is 4.79 Å². The summed E-state index contributed by atoms with van der Waals surface area (Å²) in [6, 6.07) is 7.05. The Hall–Kier alpha value is -2.48. The first-order chi connectivity index (χ1) is 9.84. The lowest BCUT2D eigenvalue weighted by Crippen LogP contribution is -2.49. The molecule has 1 atom stereocenters. The highest BCUT2D eigenvalue weighted by Gasteiger charge is 2.34. The molecule has 5 heteroatoms. The number of nitrogens with one attached hydrogen (secondary N) is 1. The minimum absolute atomic E-state index is 0.000670. The van der Waals surface area contributed by atoms with Gasteiger partial charge in [-0.2, -0.15) is 0 Å². The number of carbonyl (C=O) groups is 2. The van der Waals surface area contributed by atoms with E-state index in [1.165, 1.54) is 0 Å². The summed E-state index contributed by atoms with van der Waals surface area (Å²) >= 11 is 0. The number of hydrogen-bond acceptors (Lipinski definition) is 2. The smallest absolute Gasteiger partial charge is 0.323 e. The van der Waals surface area contributed by atoms with Gasteiger partial charge < -0.3 is 10.4 Å². The van der Waals surface area contributed by atoms with Crippen LogP contribution in [-0.2, 0) is 4.79 Å². The Kier molecular flexibility index (Phi) is 3.90. The fourth-order valence-electron chi connectivity index (χ4n) is 2.44. The van der Waals surface area contributed by atoms with Gasteiger partial charge in [-0.3, -0.25) is 9.69 Å². The number of nitrogens with zero attached hydrogens (tertiary/aromatic N) is 1. The van der Waals surface area contributed by atoms with Crippen LogP contribution in [-0.4, -0.2) is 29.2 Å². The molecule has 5 nitrogen and oxygen atoms in total. The summed E-state index contributed by atoms with van der Waals surface area (Å²) in [6.07, 6.45) is 5.38. The zero-order valence-corrected chi connectivity index (χ0v) is 12.1. The highest BCUT2D eigenvalue weighted by molar-refractivity contribution is 5.95. The van der Waals surface area contributed by atoms with E-state index in [9.17, 15) is 9.59 Å². The Bertz CT molecular complexity index is 616. The molecule has 1 unspecified atom stereocenters. The number of amides is 2. The van der Waals surface area contributed by atoms with Gasteiger partial charge in [-0.05, 0) is 25.5 Å². The van der Waals surface area contributed by atoms with Gasteiger partial charge in [0.25, 0.3) is 0 Å². The third-order valence-corrected chi connectivity index (χ3v) is 3.52. The van der Waals surface area contributed by atoms with E-state index in [0.29, 0.717) is 6.54 Å². The number of para-hydroxylation sites is 1. The van der Waals surface area contributed by atoms with Crippen molar-refractivity contribution in [1.29, 1.82) is 0 Å². The van der Waals surface area contributed by atoms with Crippen molar-refractivity contribution < 1.29 is 14.7 Å². The summed E-state index contributed by atoms with van der Waals surface area (Å²) in [6.45, 7) is 3.82. The summed E-state index contributed by atoms with van der Waals surface area (Å²) < 4.78 is 0. The first kappa shape index (κ1) is 14.9. The zero-order chi connectivity index (χ0) is 15.6. The van der Waals surface area contributed by atoms with Gasteiger partial charge in [0.2, 0.25) is 0 Å². The molecule has 0 spiro atoms. The van der Waals surface area contributed by atoms with E-state index in [0.717, 1.165) is 11.3 Å². The van der Waals surface area contributed by atoms with Gasteiger partial charge in [0.15, 0.2) is 0 Å². The van der Waals surface area contributed by atoms with Gasteiger partial charge >= 0.3 is 12.0 Å². The molecule has 1 heterocycles. The highest BCUT2D eigenvalue weighted by atomic mass is 16.4. The van der Waals surface area contributed by atoms with E-state index in [1.807, 2.05) is 24.3 Å². The number of hydrogen-bond donors (Lipinski definition) is 2. The molecule has 0 saturated heterocycles. The summed E-state index contributed by atoms with van der Waals surface area (Å²) in [4.78, 5) is 24.9. The number of fused-ring (bicyclic) bond motifs is 1. The predicted molar refractivity (Wildman–Crippen MR) is 80.2 cm³/mol. The Morgan fingerprint density at radius 3 is 2.76 bits per heavy atom. The molecular formula is C16H18N2O3. The van der Waals surface area contributed by atoms with Crippen molar-refractivity contribution in [2.24, 2.45) is 0 Å². The largest absolute Gasteiger partial charge is 0.481 e. The third kappa shape index (κ3) is 3.16. The third-order valence-electron chi connectivity index (χ3n) is 3.52. The van der Waals surface area contributed by atoms with Crippen LogP contribution in [0.25, 0.3) is 0 Å². The number of carboxylic acid groups (broad SMARTS) is 1. The topological polar surface area (TPSA) is 69.6 Å². The molecule has 110 valence electrons. The fraction of sp³-hybridized carbons (Fsp3) is 0.375. The van der Waals surface area contributed by atoms with Crippen LogP contribution < -0.4 is 10.2 Å². The van der Waals surface area contributed by atoms with E-state index in [1.54, 1.807) is 18.7 Å². The second-order valence-electron chi connectivity index (χ2n) is 5.66. The number of anilines is 1. The molecule has 1 aliphatic heterocycles. The average molecular weight is 286 g/mol. The van der Waals surface area contributed by atoms with Crippen LogP contribution in [0, 0.1) is 12.3 Å². The van der Waals surface area contributed by atoms with Gasteiger partial charge in [-0.1, -0.05) is 24.1 Å². The molecule has 2 rings (SSSR count). The maximum atomic E-state index is 12.4. The van der Waals surface area contributed by atoms with Crippen molar-refractivity contribution in [1.82, 2.24) is 5.32 Å². The SMILES string of the molecule is C#CC(C)(C)NC(=O)N1CC(CC(=O)O)c2ccccc21. The minimum atomic E-state index is -0.874. The van der Waals surface area contributed by atoms with Crippen molar-refractivity contribution in [3.8, 4) is 12.3 Å². The van der Waals surface area contributed by atoms with E-state index in [2.05, 4.69) is 11.2 Å². The summed E-state index contributed by atoms with van der Waals surface area (Å²) in [7, 11) is 0. The molecule has 0 bridgehead atoms. The highest BCUT2D eigenvalue weighted by Crippen LogP contribution is 2.38. The Morgan fingerprint density at radius 1 is 1.48 bits per heavy atom. The summed E-state index contributed by atoms with van der Waals surface area (Å²) in [5.41, 5.74) is 0.874. The summed E-state index contributed by atoms with van der Waals surface area (Å²) in [5, 5.41) is 11.8. The molecule has 0 radical (unpaired) electrons. The van der Waals surface area contributed by atoms with Crippen LogP contribution in [0.2, 0.25) is 0 Å². The molecule has 1 aromatic rings. The number of terminal acetylenes is 1. The molecule has 2 N–H and O–H groups in total. The van der Waals surface area contributed by atoms with Crippen LogP contribution in [0.3, 0.4) is 0 Å². The molecule has 0 aromatic heterocycles. The summed E-state index contributed by atoms with van der Waals surface area (Å²) in [5.74, 6) is 1.44. The lowest BCUT2D eigenvalue weighted by molar-refractivity contribution is -0.137. The molecule has 2 amide bonds. The monoisotopic (exact) mass is 286 g/mol. The van der Waals surface area contributed by atoms with Crippen molar-refractivity contribution in [3.05, 3.63) is 29.8 Å². The lowest BCUT2D eigenvalue weighted by Gasteiger charge is -2.25. The first-order valence-corrected chi connectivity index (χ1v) is 6.72. The number of rotatable bonds is 3. The van der Waals surface area contributed by atoms with Crippen molar-refractivity contribution in [2.45, 2.75) is 31.7 Å². The molecule has 1 aliphatic rings. The standard InChI is InChI=1S/C16H18N2O3/c1-4-16(2,3)17-15(21)18-10-11(9-14(19)20)12-7-5-6-8-13(12)18/h1,5-8,11H,9-10H2,2-3H3,(H,17,21)(H,19,20). The van der Waals surface area contributed by atoms with Gasteiger partial charge in [0.1, 0.15) is 0 Å². The number of carbonyl (C=O) groups excluding carboxylic acids is 1. The second kappa shape index (κ2) is 5.49. The van der Waals surface area contributed by atoms with Crippen LogP contribution >= 0.6 is 0 Å². The van der Waals surface area contributed by atoms with Gasteiger partial charge in [0, 0.05) is 18.2 Å². The van der Waals surface area contributed by atoms with Crippen molar-refractivity contribution >= 4 is 17.7 Å². The number of urea groups is 1. The van der Waals surface area contributed by atoms with Crippen LogP contribution in [0.4, 0.5) is 10.5 Å². The number of benzene rings is 1. The Morgan fingerprint density at radius 2 is 2.14 bits per heavy atom. The number of carboxylic acids is 1. The average Bonchev–Trinajstić information content (AvgIpc) is 2.77. The van der Waals surface area contributed by atoms with E-state index in [-0.39, 0.29) is 18.4 Å². The number of aliphatic carboxylic acids is 1. The maximum Gasteiger partial charge on any atom is 0.323 e. The van der Waals surface area contributed by atoms with E-state index >= 15 is 0 Å². The molecular weight excluding hydrogens is 268 g/mol. The van der Waals surface area contributed by atoms with Crippen LogP contribution in [0.1, 0.15) is 31.7 Å². The molecule has 1 aromatic carbocycles. The predicted octanol–water partition coefficient (Wildman–Crippen LogP) is 2.19. The second-order valence-corrected chi connectivity index (χ2v) is 5.66. The first-order valence-electron chi connectivity index (χ1n) is 6.72. The molecule has 0 saturated carbocycles. The van der Waals surface area contributed by atoms with E-state index in [4.69, 9.17) is 11.5 Å². The lowest BCUT2D eigenvalue weighted by atomic mass is 9.98. The quantitative estimate of drug-likeness (QED) is 0.837. The van der Waals surface area contributed by atoms with Crippen molar-refractivity contribution in [3.63, 3.8) is 0 Å². The van der Waals surface area contributed by atoms with Gasteiger partial charge in [0.05, 0.1) is 12.0 Å². The Labute approximate surface area is 124 Å². The van der Waals surface area contributed by atoms with Crippen LogP contribution in [0.5, 0.6) is 0 Å². The minimum Gasteiger partial charge on any atom is -0.481 e. The van der Waals surface area contributed by atoms with Gasteiger partial charge in [-0.15, -0.1) is 6.42 Å². The fourth-order valence-corrected chi connectivity index (χ4v) is 2.44.